The lowest BCUT2D eigenvalue weighted by Gasteiger charge is -2.05. The van der Waals surface area contributed by atoms with Crippen molar-refractivity contribution >= 4 is 5.91 Å². The molecule has 1 aromatic rings. The lowest BCUT2D eigenvalue weighted by molar-refractivity contribution is 0.0958. The molecule has 0 saturated heterocycles. The van der Waals surface area contributed by atoms with E-state index in [4.69, 9.17) is 4.74 Å². The molecule has 0 aliphatic rings. The Morgan fingerprint density at radius 1 is 1.56 bits per heavy atom. The lowest BCUT2D eigenvalue weighted by Crippen LogP contribution is -2.23. The van der Waals surface area contributed by atoms with Gasteiger partial charge in [0.25, 0.3) is 5.91 Å². The van der Waals surface area contributed by atoms with E-state index in [9.17, 15) is 9.90 Å². The van der Waals surface area contributed by atoms with E-state index in [-0.39, 0.29) is 11.7 Å². The van der Waals surface area contributed by atoms with E-state index in [1.54, 1.807) is 13.0 Å². The number of amides is 1. The summed E-state index contributed by atoms with van der Waals surface area (Å²) in [4.78, 5) is 11.5. The van der Waals surface area contributed by atoms with Gasteiger partial charge in [-0.25, -0.2) is 0 Å². The van der Waals surface area contributed by atoms with E-state index in [1.165, 1.54) is 19.2 Å². The van der Waals surface area contributed by atoms with E-state index in [1.807, 2.05) is 0 Å². The average Bonchev–Trinajstić information content (AvgIpc) is 2.29. The number of carbonyl (C=O) groups is 1. The lowest BCUT2D eigenvalue weighted by atomic mass is 10.2. The highest BCUT2D eigenvalue weighted by molar-refractivity contribution is 5.95. The third-order valence-electron chi connectivity index (χ3n) is 1.96. The van der Waals surface area contributed by atoms with Crippen molar-refractivity contribution < 1.29 is 14.6 Å². The van der Waals surface area contributed by atoms with Crippen LogP contribution in [0.1, 0.15) is 17.3 Å². The molecular formula is C12H13NO3. The van der Waals surface area contributed by atoms with Gasteiger partial charge in [0.2, 0.25) is 0 Å². The van der Waals surface area contributed by atoms with Crippen molar-refractivity contribution in [1.29, 1.82) is 0 Å². The molecule has 16 heavy (non-hydrogen) atoms. The van der Waals surface area contributed by atoms with E-state index >= 15 is 0 Å². The molecule has 4 nitrogen and oxygen atoms in total. The highest BCUT2D eigenvalue weighted by Gasteiger charge is 2.08. The number of rotatable bonds is 3. The summed E-state index contributed by atoms with van der Waals surface area (Å²) in [6.07, 6.45) is 0. The summed E-state index contributed by atoms with van der Waals surface area (Å²) in [6, 6.07) is 4.47. The first-order valence-corrected chi connectivity index (χ1v) is 4.74. The van der Waals surface area contributed by atoms with Crippen LogP contribution in [0.3, 0.4) is 0 Å². The van der Waals surface area contributed by atoms with Crippen molar-refractivity contribution in [2.75, 3.05) is 13.7 Å². The first-order chi connectivity index (χ1) is 7.69. The zero-order chi connectivity index (χ0) is 12.0. The standard InChI is InChI=1S/C12H13NO3/c1-3-4-7-13-12(15)9-5-6-11(16-2)10(14)8-9/h5-6,8,14H,7H2,1-2H3,(H,13,15). The number of ether oxygens (including phenoxy) is 1. The Labute approximate surface area is 94.2 Å². The van der Waals surface area contributed by atoms with Gasteiger partial charge in [0.05, 0.1) is 13.7 Å². The van der Waals surface area contributed by atoms with E-state index < -0.39 is 0 Å². The van der Waals surface area contributed by atoms with Crippen LogP contribution in [-0.4, -0.2) is 24.7 Å². The molecule has 0 bridgehead atoms. The number of hydrogen-bond acceptors (Lipinski definition) is 3. The quantitative estimate of drug-likeness (QED) is 0.750. The van der Waals surface area contributed by atoms with Gasteiger partial charge in [0, 0.05) is 5.56 Å². The van der Waals surface area contributed by atoms with Gasteiger partial charge in [-0.1, -0.05) is 5.92 Å². The SMILES string of the molecule is CC#CCNC(=O)c1ccc(OC)c(O)c1. The molecule has 84 valence electrons. The molecule has 0 spiro atoms. The first kappa shape index (κ1) is 11.9. The van der Waals surface area contributed by atoms with Crippen LogP contribution >= 0.6 is 0 Å². The predicted octanol–water partition coefficient (Wildman–Crippen LogP) is 1.15. The number of phenolic OH excluding ortho intramolecular Hbond substituents is 1. The monoisotopic (exact) mass is 219 g/mol. The van der Waals surface area contributed by atoms with E-state index in [2.05, 4.69) is 17.2 Å². The van der Waals surface area contributed by atoms with Crippen molar-refractivity contribution in [3.05, 3.63) is 23.8 Å². The van der Waals surface area contributed by atoms with Crippen LogP contribution in [0, 0.1) is 11.8 Å². The van der Waals surface area contributed by atoms with Gasteiger partial charge in [0.1, 0.15) is 0 Å². The second-order valence-electron chi connectivity index (χ2n) is 3.00. The predicted molar refractivity (Wildman–Crippen MR) is 60.4 cm³/mol. The molecule has 0 saturated carbocycles. The van der Waals surface area contributed by atoms with Gasteiger partial charge < -0.3 is 15.2 Å². The highest BCUT2D eigenvalue weighted by atomic mass is 16.5. The minimum atomic E-state index is -0.277. The molecule has 1 amide bonds. The minimum absolute atomic E-state index is 0.0586. The summed E-state index contributed by atoms with van der Waals surface area (Å²) in [7, 11) is 1.45. The second-order valence-corrected chi connectivity index (χ2v) is 3.00. The number of phenols is 1. The zero-order valence-electron chi connectivity index (χ0n) is 9.20. The van der Waals surface area contributed by atoms with Crippen LogP contribution in [-0.2, 0) is 0 Å². The molecule has 1 rings (SSSR count). The molecule has 0 aliphatic carbocycles. The Bertz CT molecular complexity index is 443. The summed E-state index contributed by atoms with van der Waals surface area (Å²) < 4.78 is 4.87. The van der Waals surface area contributed by atoms with Crippen molar-refractivity contribution in [3.8, 4) is 23.3 Å². The van der Waals surface area contributed by atoms with Crippen molar-refractivity contribution in [2.24, 2.45) is 0 Å². The van der Waals surface area contributed by atoms with Crippen LogP contribution < -0.4 is 10.1 Å². The summed E-state index contributed by atoms with van der Waals surface area (Å²) in [6.45, 7) is 1.99. The molecule has 0 aliphatic heterocycles. The number of methoxy groups -OCH3 is 1. The Hall–Kier alpha value is -2.15. The van der Waals surface area contributed by atoms with Crippen LogP contribution in [0.25, 0.3) is 0 Å². The molecule has 0 atom stereocenters. The molecule has 1 aromatic carbocycles. The van der Waals surface area contributed by atoms with Gasteiger partial charge in [-0.05, 0) is 25.1 Å². The number of benzene rings is 1. The number of aromatic hydroxyl groups is 1. The van der Waals surface area contributed by atoms with E-state index in [0.717, 1.165) is 0 Å². The number of carbonyl (C=O) groups excluding carboxylic acids is 1. The van der Waals surface area contributed by atoms with E-state index in [0.29, 0.717) is 17.9 Å². The molecule has 4 heteroatoms. The molecule has 0 radical (unpaired) electrons. The van der Waals surface area contributed by atoms with Gasteiger partial charge in [-0.15, -0.1) is 5.92 Å². The average molecular weight is 219 g/mol. The Morgan fingerprint density at radius 3 is 2.88 bits per heavy atom. The molecule has 2 N–H and O–H groups in total. The summed E-state index contributed by atoms with van der Waals surface area (Å²) in [5, 5.41) is 12.1. The first-order valence-electron chi connectivity index (χ1n) is 4.74. The molecule has 0 fully saturated rings. The highest BCUT2D eigenvalue weighted by Crippen LogP contribution is 2.25. The second kappa shape index (κ2) is 5.66. The number of nitrogens with one attached hydrogen (secondary N) is 1. The fourth-order valence-corrected chi connectivity index (χ4v) is 1.15. The topological polar surface area (TPSA) is 58.6 Å². The largest absolute Gasteiger partial charge is 0.504 e. The number of hydrogen-bond donors (Lipinski definition) is 2. The third-order valence-corrected chi connectivity index (χ3v) is 1.96. The van der Waals surface area contributed by atoms with Gasteiger partial charge in [0.15, 0.2) is 11.5 Å². The van der Waals surface area contributed by atoms with Crippen molar-refractivity contribution in [3.63, 3.8) is 0 Å². The van der Waals surface area contributed by atoms with Crippen LogP contribution in [0.4, 0.5) is 0 Å². The Morgan fingerprint density at radius 2 is 2.31 bits per heavy atom. The van der Waals surface area contributed by atoms with Crippen LogP contribution in [0.2, 0.25) is 0 Å². The summed E-state index contributed by atoms with van der Waals surface area (Å²) in [5.41, 5.74) is 0.371. The molecule has 0 aromatic heterocycles. The smallest absolute Gasteiger partial charge is 0.252 e. The van der Waals surface area contributed by atoms with Crippen LogP contribution in [0.5, 0.6) is 11.5 Å². The molecular weight excluding hydrogens is 206 g/mol. The van der Waals surface area contributed by atoms with Gasteiger partial charge in [-0.3, -0.25) is 4.79 Å². The fraction of sp³-hybridized carbons (Fsp3) is 0.250. The zero-order valence-corrected chi connectivity index (χ0v) is 9.20. The Balaban J connectivity index is 2.75. The summed E-state index contributed by atoms with van der Waals surface area (Å²) >= 11 is 0. The Kier molecular flexibility index (Phi) is 4.22. The maximum Gasteiger partial charge on any atom is 0.252 e. The fourth-order valence-electron chi connectivity index (χ4n) is 1.15. The van der Waals surface area contributed by atoms with Crippen molar-refractivity contribution in [1.82, 2.24) is 5.32 Å². The van der Waals surface area contributed by atoms with Gasteiger partial charge in [-0.2, -0.15) is 0 Å². The summed E-state index contributed by atoms with van der Waals surface area (Å²) in [5.74, 6) is 5.39. The van der Waals surface area contributed by atoms with Gasteiger partial charge >= 0.3 is 0 Å². The molecule has 0 heterocycles. The normalized spacial score (nSPS) is 8.88. The maximum atomic E-state index is 11.5. The minimum Gasteiger partial charge on any atom is -0.504 e. The molecule has 0 unspecified atom stereocenters. The van der Waals surface area contributed by atoms with Crippen LogP contribution in [0.15, 0.2) is 18.2 Å². The third kappa shape index (κ3) is 2.92. The maximum absolute atomic E-state index is 11.5. The van der Waals surface area contributed by atoms with Crippen molar-refractivity contribution in [2.45, 2.75) is 6.92 Å².